The monoisotopic (exact) mass is 295 g/mol. The van der Waals surface area contributed by atoms with Crippen LogP contribution in [0.3, 0.4) is 0 Å². The van der Waals surface area contributed by atoms with E-state index in [0.717, 1.165) is 12.1 Å². The largest absolute Gasteiger partial charge is 0.416 e. The van der Waals surface area contributed by atoms with E-state index >= 15 is 0 Å². The Morgan fingerprint density at radius 1 is 1.05 bits per heavy atom. The minimum atomic E-state index is -4.54. The number of hydrogen-bond donors (Lipinski definition) is 2. The Labute approximate surface area is 116 Å². The highest BCUT2D eigenvalue weighted by Gasteiger charge is 2.31. The van der Waals surface area contributed by atoms with E-state index in [2.05, 4.69) is 9.97 Å². The van der Waals surface area contributed by atoms with Crippen molar-refractivity contribution in [3.63, 3.8) is 0 Å². The molecular weight excluding hydrogens is 286 g/mol. The first-order valence-electron chi connectivity index (χ1n) is 5.97. The minimum Gasteiger partial charge on any atom is -0.399 e. The molecule has 2 aromatic carbocycles. The van der Waals surface area contributed by atoms with Gasteiger partial charge in [-0.05, 0) is 36.4 Å². The van der Waals surface area contributed by atoms with Gasteiger partial charge in [0, 0.05) is 5.69 Å². The van der Waals surface area contributed by atoms with E-state index in [1.807, 2.05) is 0 Å². The first-order chi connectivity index (χ1) is 9.84. The quantitative estimate of drug-likeness (QED) is 0.527. The summed E-state index contributed by atoms with van der Waals surface area (Å²) in [6, 6.07) is 7.00. The molecule has 0 aliphatic rings. The number of benzene rings is 2. The molecule has 7 heteroatoms. The zero-order valence-corrected chi connectivity index (χ0v) is 10.5. The second kappa shape index (κ2) is 4.47. The van der Waals surface area contributed by atoms with Gasteiger partial charge in [0.25, 0.3) is 0 Å². The maximum absolute atomic E-state index is 13.8. The third-order valence-electron chi connectivity index (χ3n) is 3.05. The molecule has 0 aliphatic heterocycles. The van der Waals surface area contributed by atoms with Gasteiger partial charge < -0.3 is 10.7 Å². The van der Waals surface area contributed by atoms with Crippen LogP contribution >= 0.6 is 0 Å². The number of imidazole rings is 1. The van der Waals surface area contributed by atoms with Crippen molar-refractivity contribution < 1.29 is 17.6 Å². The molecule has 108 valence electrons. The molecule has 0 saturated carbocycles. The van der Waals surface area contributed by atoms with Crippen molar-refractivity contribution in [2.45, 2.75) is 6.18 Å². The van der Waals surface area contributed by atoms with Gasteiger partial charge in [-0.1, -0.05) is 0 Å². The molecule has 1 aromatic heterocycles. The summed E-state index contributed by atoms with van der Waals surface area (Å²) in [5.41, 5.74) is 5.94. The molecule has 0 radical (unpaired) electrons. The summed E-state index contributed by atoms with van der Waals surface area (Å²) in [6.07, 6.45) is -4.54. The maximum atomic E-state index is 13.8. The first kappa shape index (κ1) is 13.4. The highest BCUT2D eigenvalue weighted by Crippen LogP contribution is 2.33. The third-order valence-corrected chi connectivity index (χ3v) is 3.05. The van der Waals surface area contributed by atoms with E-state index < -0.39 is 17.6 Å². The van der Waals surface area contributed by atoms with Crippen molar-refractivity contribution in [2.24, 2.45) is 0 Å². The van der Waals surface area contributed by atoms with E-state index in [-0.39, 0.29) is 11.4 Å². The average molecular weight is 295 g/mol. The summed E-state index contributed by atoms with van der Waals surface area (Å²) in [5, 5.41) is 0. The number of alkyl halides is 3. The van der Waals surface area contributed by atoms with Crippen molar-refractivity contribution in [3.05, 3.63) is 47.8 Å². The van der Waals surface area contributed by atoms with E-state index in [9.17, 15) is 17.6 Å². The molecule has 0 fully saturated rings. The number of H-pyrrole nitrogens is 1. The number of rotatable bonds is 1. The number of hydrogen-bond acceptors (Lipinski definition) is 2. The van der Waals surface area contributed by atoms with Gasteiger partial charge in [-0.3, -0.25) is 0 Å². The van der Waals surface area contributed by atoms with Crippen molar-refractivity contribution in [2.75, 3.05) is 5.73 Å². The molecule has 3 aromatic rings. The van der Waals surface area contributed by atoms with Crippen LogP contribution in [-0.2, 0) is 6.18 Å². The Balaban J connectivity index is 2.17. The van der Waals surface area contributed by atoms with Gasteiger partial charge in [0.05, 0.1) is 22.2 Å². The average Bonchev–Trinajstić information content (AvgIpc) is 2.80. The smallest absolute Gasteiger partial charge is 0.399 e. The summed E-state index contributed by atoms with van der Waals surface area (Å²) < 4.78 is 51.9. The Bertz CT molecular complexity index is 821. The normalized spacial score (nSPS) is 12.0. The number of anilines is 1. The van der Waals surface area contributed by atoms with Gasteiger partial charge >= 0.3 is 6.18 Å². The van der Waals surface area contributed by atoms with E-state index in [1.165, 1.54) is 0 Å². The lowest BCUT2D eigenvalue weighted by Gasteiger charge is -2.08. The molecule has 3 rings (SSSR count). The fourth-order valence-corrected chi connectivity index (χ4v) is 2.04. The second-order valence-electron chi connectivity index (χ2n) is 4.55. The van der Waals surface area contributed by atoms with Crippen LogP contribution in [0.15, 0.2) is 36.4 Å². The molecule has 3 N–H and O–H groups in total. The molecule has 1 heterocycles. The number of nitrogens with zero attached hydrogens (tertiary/aromatic N) is 1. The zero-order valence-electron chi connectivity index (χ0n) is 10.5. The van der Waals surface area contributed by atoms with Gasteiger partial charge in [0.1, 0.15) is 11.6 Å². The van der Waals surface area contributed by atoms with Crippen molar-refractivity contribution in [1.82, 2.24) is 9.97 Å². The number of nitrogens with two attached hydrogens (primary N) is 1. The first-order valence-corrected chi connectivity index (χ1v) is 5.97. The molecule has 0 amide bonds. The Morgan fingerprint density at radius 2 is 1.81 bits per heavy atom. The van der Waals surface area contributed by atoms with E-state index in [0.29, 0.717) is 22.8 Å². The van der Waals surface area contributed by atoms with Crippen LogP contribution in [0.4, 0.5) is 23.2 Å². The Morgan fingerprint density at radius 3 is 2.52 bits per heavy atom. The van der Waals surface area contributed by atoms with Gasteiger partial charge in [0.2, 0.25) is 0 Å². The number of nitrogens with one attached hydrogen (secondary N) is 1. The van der Waals surface area contributed by atoms with E-state index in [4.69, 9.17) is 5.73 Å². The van der Waals surface area contributed by atoms with Crippen LogP contribution in [0, 0.1) is 5.82 Å². The Hall–Kier alpha value is -2.57. The lowest BCUT2D eigenvalue weighted by molar-refractivity contribution is -0.137. The number of halogens is 4. The van der Waals surface area contributed by atoms with Crippen LogP contribution in [0.2, 0.25) is 0 Å². The van der Waals surface area contributed by atoms with Gasteiger partial charge in [0.15, 0.2) is 0 Å². The number of fused-ring (bicyclic) bond motifs is 1. The summed E-state index contributed by atoms with van der Waals surface area (Å²) >= 11 is 0. The van der Waals surface area contributed by atoms with Gasteiger partial charge in [-0.25, -0.2) is 9.37 Å². The second-order valence-corrected chi connectivity index (χ2v) is 4.55. The van der Waals surface area contributed by atoms with Crippen LogP contribution in [0.1, 0.15) is 5.56 Å². The third kappa shape index (κ3) is 2.42. The standard InChI is InChI=1S/C14H9F4N3/c15-10-3-1-7(14(16,17)18)5-9(10)13-20-11-4-2-8(19)6-12(11)21-13/h1-6H,19H2,(H,20,21). The highest BCUT2D eigenvalue weighted by atomic mass is 19.4. The molecule has 21 heavy (non-hydrogen) atoms. The highest BCUT2D eigenvalue weighted by molar-refractivity contribution is 5.82. The molecular formula is C14H9F4N3. The molecule has 0 saturated heterocycles. The fraction of sp³-hybridized carbons (Fsp3) is 0.0714. The molecule has 3 nitrogen and oxygen atoms in total. The number of nitrogen functional groups attached to an aromatic ring is 1. The van der Waals surface area contributed by atoms with Crippen LogP contribution in [-0.4, -0.2) is 9.97 Å². The van der Waals surface area contributed by atoms with Crippen molar-refractivity contribution >= 4 is 16.7 Å². The van der Waals surface area contributed by atoms with Crippen molar-refractivity contribution in [3.8, 4) is 11.4 Å². The summed E-state index contributed by atoms with van der Waals surface area (Å²) in [6.45, 7) is 0. The zero-order chi connectivity index (χ0) is 15.2. The lowest BCUT2D eigenvalue weighted by Crippen LogP contribution is -2.05. The topological polar surface area (TPSA) is 54.7 Å². The maximum Gasteiger partial charge on any atom is 0.416 e. The van der Waals surface area contributed by atoms with Gasteiger partial charge in [-0.15, -0.1) is 0 Å². The fourth-order valence-electron chi connectivity index (χ4n) is 2.04. The van der Waals surface area contributed by atoms with Crippen LogP contribution in [0.5, 0.6) is 0 Å². The van der Waals surface area contributed by atoms with Crippen LogP contribution in [0.25, 0.3) is 22.4 Å². The number of aromatic nitrogens is 2. The SMILES string of the molecule is Nc1ccc2nc(-c3cc(C(F)(F)F)ccc3F)[nH]c2c1. The van der Waals surface area contributed by atoms with Crippen LogP contribution < -0.4 is 5.73 Å². The summed E-state index contributed by atoms with van der Waals surface area (Å²) in [7, 11) is 0. The van der Waals surface area contributed by atoms with E-state index in [1.54, 1.807) is 18.2 Å². The molecule has 0 bridgehead atoms. The molecule has 0 unspecified atom stereocenters. The van der Waals surface area contributed by atoms with Gasteiger partial charge in [-0.2, -0.15) is 13.2 Å². The predicted octanol–water partition coefficient (Wildman–Crippen LogP) is 3.97. The molecule has 0 aliphatic carbocycles. The lowest BCUT2D eigenvalue weighted by atomic mass is 10.1. The minimum absolute atomic E-state index is 0.0270. The predicted molar refractivity (Wildman–Crippen MR) is 70.9 cm³/mol. The summed E-state index contributed by atoms with van der Waals surface area (Å²) in [4.78, 5) is 6.86. The molecule has 0 atom stereocenters. The Kier molecular flexibility index (Phi) is 2.86. The van der Waals surface area contributed by atoms with Crippen molar-refractivity contribution in [1.29, 1.82) is 0 Å². The molecule has 0 spiro atoms. The number of aromatic amines is 1. The summed E-state index contributed by atoms with van der Waals surface area (Å²) in [5.74, 6) is -0.755.